The van der Waals surface area contributed by atoms with Gasteiger partial charge >= 0.3 is 0 Å². The predicted molar refractivity (Wildman–Crippen MR) is 77.6 cm³/mol. The van der Waals surface area contributed by atoms with E-state index in [1.807, 2.05) is 0 Å². The molecule has 0 amide bonds. The molecule has 0 aliphatic carbocycles. The fourth-order valence-electron chi connectivity index (χ4n) is 2.48. The van der Waals surface area contributed by atoms with Crippen molar-refractivity contribution < 1.29 is 13.2 Å². The van der Waals surface area contributed by atoms with E-state index in [0.717, 1.165) is 6.07 Å². The molecule has 0 saturated carbocycles. The zero-order valence-electron chi connectivity index (χ0n) is 11.9. The summed E-state index contributed by atoms with van der Waals surface area (Å²) < 4.78 is 40.4. The first-order valence-electron chi connectivity index (χ1n) is 6.92. The van der Waals surface area contributed by atoms with Crippen LogP contribution >= 0.6 is 0 Å². The molecule has 112 valence electrons. The Bertz CT molecular complexity index is 598. The van der Waals surface area contributed by atoms with Gasteiger partial charge in [0.1, 0.15) is 17.5 Å². The molecule has 0 saturated heterocycles. The Morgan fingerprint density at radius 1 is 0.905 bits per heavy atom. The van der Waals surface area contributed by atoms with Crippen molar-refractivity contribution in [2.24, 2.45) is 5.92 Å². The van der Waals surface area contributed by atoms with Crippen LogP contribution in [0.25, 0.3) is 0 Å². The van der Waals surface area contributed by atoms with Crippen LogP contribution in [0.2, 0.25) is 0 Å². The summed E-state index contributed by atoms with van der Waals surface area (Å²) in [5, 5.41) is 3.04. The number of halogens is 3. The standard InChI is InChI=1S/C17H18F3N/c1-21-11-12(8-13-4-2-3-5-16(13)19)9-14-6-7-15(18)10-17(14)20/h2-7,10,12,21H,8-9,11H2,1H3. The number of rotatable bonds is 6. The van der Waals surface area contributed by atoms with Crippen molar-refractivity contribution in [3.8, 4) is 0 Å². The number of hydrogen-bond acceptors (Lipinski definition) is 1. The van der Waals surface area contributed by atoms with Gasteiger partial charge in [-0.15, -0.1) is 0 Å². The van der Waals surface area contributed by atoms with Gasteiger partial charge < -0.3 is 5.32 Å². The van der Waals surface area contributed by atoms with Crippen LogP contribution in [0.1, 0.15) is 11.1 Å². The van der Waals surface area contributed by atoms with Gasteiger partial charge in [-0.1, -0.05) is 24.3 Å². The summed E-state index contributed by atoms with van der Waals surface area (Å²) in [4.78, 5) is 0. The molecule has 1 unspecified atom stereocenters. The van der Waals surface area contributed by atoms with E-state index in [4.69, 9.17) is 0 Å². The summed E-state index contributed by atoms with van der Waals surface area (Å²) in [5.41, 5.74) is 1.06. The van der Waals surface area contributed by atoms with Crippen LogP contribution in [0.5, 0.6) is 0 Å². The lowest BCUT2D eigenvalue weighted by atomic mass is 9.92. The Morgan fingerprint density at radius 3 is 2.19 bits per heavy atom. The second-order valence-corrected chi connectivity index (χ2v) is 5.16. The van der Waals surface area contributed by atoms with Crippen molar-refractivity contribution in [3.63, 3.8) is 0 Å². The monoisotopic (exact) mass is 293 g/mol. The lowest BCUT2D eigenvalue weighted by molar-refractivity contribution is 0.467. The molecular weight excluding hydrogens is 275 g/mol. The van der Waals surface area contributed by atoms with Crippen LogP contribution in [0, 0.1) is 23.4 Å². The maximum absolute atomic E-state index is 13.7. The first-order valence-corrected chi connectivity index (χ1v) is 6.92. The van der Waals surface area contributed by atoms with Crippen LogP contribution < -0.4 is 5.32 Å². The lowest BCUT2D eigenvalue weighted by Gasteiger charge is -2.17. The summed E-state index contributed by atoms with van der Waals surface area (Å²) in [6.07, 6.45) is 0.936. The van der Waals surface area contributed by atoms with Gasteiger partial charge in [-0.3, -0.25) is 0 Å². The maximum atomic E-state index is 13.7. The topological polar surface area (TPSA) is 12.0 Å². The Hall–Kier alpha value is -1.81. The fraction of sp³-hybridized carbons (Fsp3) is 0.294. The predicted octanol–water partition coefficient (Wildman–Crippen LogP) is 3.72. The van der Waals surface area contributed by atoms with Gasteiger partial charge in [0.15, 0.2) is 0 Å². The summed E-state index contributed by atoms with van der Waals surface area (Å²) in [6.45, 7) is 0.630. The highest BCUT2D eigenvalue weighted by atomic mass is 19.1. The van der Waals surface area contributed by atoms with Crippen molar-refractivity contribution in [1.82, 2.24) is 5.32 Å². The third-order valence-electron chi connectivity index (χ3n) is 3.48. The second-order valence-electron chi connectivity index (χ2n) is 5.16. The van der Waals surface area contributed by atoms with Gasteiger partial charge in [-0.25, -0.2) is 13.2 Å². The Balaban J connectivity index is 2.14. The molecule has 2 aromatic carbocycles. The molecule has 0 aromatic heterocycles. The largest absolute Gasteiger partial charge is 0.319 e. The second kappa shape index (κ2) is 7.27. The molecule has 0 spiro atoms. The van der Waals surface area contributed by atoms with Gasteiger partial charge in [0.05, 0.1) is 0 Å². The molecule has 0 heterocycles. The van der Waals surface area contributed by atoms with E-state index in [2.05, 4.69) is 5.32 Å². The summed E-state index contributed by atoms with van der Waals surface area (Å²) >= 11 is 0. The summed E-state index contributed by atoms with van der Waals surface area (Å²) in [6, 6.07) is 10.2. The van der Waals surface area contributed by atoms with Crippen LogP contribution in [-0.4, -0.2) is 13.6 Å². The molecule has 0 aliphatic heterocycles. The molecule has 4 heteroatoms. The van der Waals surface area contributed by atoms with E-state index in [9.17, 15) is 13.2 Å². The van der Waals surface area contributed by atoms with E-state index in [1.54, 1.807) is 25.2 Å². The highest BCUT2D eigenvalue weighted by Gasteiger charge is 2.15. The molecule has 0 aliphatic rings. The molecule has 2 rings (SSSR count). The Morgan fingerprint density at radius 2 is 1.57 bits per heavy atom. The SMILES string of the molecule is CNCC(Cc1ccccc1F)Cc1ccc(F)cc1F. The fourth-order valence-corrected chi connectivity index (χ4v) is 2.48. The normalized spacial score (nSPS) is 12.4. The molecular formula is C17H18F3N. The third-order valence-corrected chi connectivity index (χ3v) is 3.48. The number of hydrogen-bond donors (Lipinski definition) is 1. The average Bonchev–Trinajstić information content (AvgIpc) is 2.44. The van der Waals surface area contributed by atoms with Crippen molar-refractivity contribution in [3.05, 3.63) is 71.0 Å². The van der Waals surface area contributed by atoms with Crippen molar-refractivity contribution in [2.75, 3.05) is 13.6 Å². The Labute approximate surface area is 122 Å². The Kier molecular flexibility index (Phi) is 5.39. The van der Waals surface area contributed by atoms with Gasteiger partial charge in [-0.2, -0.15) is 0 Å². The number of nitrogens with one attached hydrogen (secondary N) is 1. The molecule has 2 aromatic rings. The van der Waals surface area contributed by atoms with Crippen molar-refractivity contribution in [2.45, 2.75) is 12.8 Å². The van der Waals surface area contributed by atoms with Crippen LogP contribution in [-0.2, 0) is 12.8 Å². The smallest absolute Gasteiger partial charge is 0.129 e. The maximum Gasteiger partial charge on any atom is 0.129 e. The molecule has 0 radical (unpaired) electrons. The van der Waals surface area contributed by atoms with E-state index < -0.39 is 11.6 Å². The molecule has 0 bridgehead atoms. The molecule has 0 fully saturated rings. The first kappa shape index (κ1) is 15.6. The van der Waals surface area contributed by atoms with E-state index in [1.165, 1.54) is 18.2 Å². The average molecular weight is 293 g/mol. The lowest BCUT2D eigenvalue weighted by Crippen LogP contribution is -2.23. The van der Waals surface area contributed by atoms with Gasteiger partial charge in [0.25, 0.3) is 0 Å². The highest BCUT2D eigenvalue weighted by molar-refractivity contribution is 5.21. The number of benzene rings is 2. The van der Waals surface area contributed by atoms with Gasteiger partial charge in [0, 0.05) is 6.07 Å². The summed E-state index contributed by atoms with van der Waals surface area (Å²) in [7, 11) is 1.80. The van der Waals surface area contributed by atoms with Crippen molar-refractivity contribution in [1.29, 1.82) is 0 Å². The van der Waals surface area contributed by atoms with E-state index >= 15 is 0 Å². The molecule has 1 atom stereocenters. The minimum Gasteiger partial charge on any atom is -0.319 e. The zero-order chi connectivity index (χ0) is 15.2. The van der Waals surface area contributed by atoms with E-state index in [-0.39, 0.29) is 11.7 Å². The van der Waals surface area contributed by atoms with Crippen LogP contribution in [0.4, 0.5) is 13.2 Å². The quantitative estimate of drug-likeness (QED) is 0.856. The minimum absolute atomic E-state index is 0.0341. The molecule has 1 N–H and O–H groups in total. The minimum atomic E-state index is -0.587. The van der Waals surface area contributed by atoms with Gasteiger partial charge in [-0.05, 0) is 55.6 Å². The zero-order valence-corrected chi connectivity index (χ0v) is 11.9. The van der Waals surface area contributed by atoms with Crippen molar-refractivity contribution >= 4 is 0 Å². The molecule has 21 heavy (non-hydrogen) atoms. The van der Waals surface area contributed by atoms with Crippen LogP contribution in [0.15, 0.2) is 42.5 Å². The van der Waals surface area contributed by atoms with Crippen LogP contribution in [0.3, 0.4) is 0 Å². The van der Waals surface area contributed by atoms with E-state index in [0.29, 0.717) is 30.5 Å². The third kappa shape index (κ3) is 4.33. The molecule has 1 nitrogen and oxygen atoms in total. The summed E-state index contributed by atoms with van der Waals surface area (Å²) in [5.74, 6) is -1.36. The highest BCUT2D eigenvalue weighted by Crippen LogP contribution is 2.19. The first-order chi connectivity index (χ1) is 10.1. The van der Waals surface area contributed by atoms with Gasteiger partial charge in [0.2, 0.25) is 0 Å².